The molecule has 0 aliphatic carbocycles. The largest absolute Gasteiger partial charge is 0.497 e. The molecule has 0 atom stereocenters. The van der Waals surface area contributed by atoms with Gasteiger partial charge in [-0.1, -0.05) is 11.2 Å². The van der Waals surface area contributed by atoms with Crippen molar-refractivity contribution in [2.24, 2.45) is 0 Å². The number of aryl methyl sites for hydroxylation is 3. The zero-order chi connectivity index (χ0) is 18.1. The summed E-state index contributed by atoms with van der Waals surface area (Å²) in [5, 5.41) is 6.76. The summed E-state index contributed by atoms with van der Waals surface area (Å²) in [6, 6.07) is 9.62. The maximum atomic E-state index is 12.7. The SMILES string of the molecule is COc1cccc(-n2c(C)cc(C(=O)Nc3c(C)noc3C)c2C)c1. The summed E-state index contributed by atoms with van der Waals surface area (Å²) in [5.41, 5.74) is 4.67. The van der Waals surface area contributed by atoms with E-state index in [0.29, 0.717) is 22.7 Å². The van der Waals surface area contributed by atoms with Crippen molar-refractivity contribution in [1.82, 2.24) is 9.72 Å². The van der Waals surface area contributed by atoms with Gasteiger partial charge in [0.1, 0.15) is 17.1 Å². The van der Waals surface area contributed by atoms with Gasteiger partial charge in [0.25, 0.3) is 5.91 Å². The number of amides is 1. The third-order valence-electron chi connectivity index (χ3n) is 4.26. The number of benzene rings is 1. The highest BCUT2D eigenvalue weighted by Crippen LogP contribution is 2.25. The van der Waals surface area contributed by atoms with E-state index in [1.165, 1.54) is 0 Å². The highest BCUT2D eigenvalue weighted by molar-refractivity contribution is 6.06. The number of hydrogen-bond acceptors (Lipinski definition) is 4. The Balaban J connectivity index is 1.98. The molecule has 0 fully saturated rings. The monoisotopic (exact) mass is 339 g/mol. The molecule has 130 valence electrons. The van der Waals surface area contributed by atoms with Crippen molar-refractivity contribution in [3.8, 4) is 11.4 Å². The highest BCUT2D eigenvalue weighted by atomic mass is 16.5. The molecule has 1 aromatic carbocycles. The van der Waals surface area contributed by atoms with E-state index in [1.54, 1.807) is 21.0 Å². The van der Waals surface area contributed by atoms with Crippen molar-refractivity contribution >= 4 is 11.6 Å². The van der Waals surface area contributed by atoms with E-state index in [4.69, 9.17) is 9.26 Å². The van der Waals surface area contributed by atoms with E-state index in [1.807, 2.05) is 48.7 Å². The van der Waals surface area contributed by atoms with E-state index >= 15 is 0 Å². The first-order chi connectivity index (χ1) is 11.9. The van der Waals surface area contributed by atoms with Crippen molar-refractivity contribution < 1.29 is 14.1 Å². The third-order valence-corrected chi connectivity index (χ3v) is 4.26. The molecule has 0 saturated carbocycles. The summed E-state index contributed by atoms with van der Waals surface area (Å²) in [6.45, 7) is 7.47. The van der Waals surface area contributed by atoms with E-state index in [2.05, 4.69) is 10.5 Å². The van der Waals surface area contributed by atoms with Crippen LogP contribution in [0.4, 0.5) is 5.69 Å². The Hall–Kier alpha value is -3.02. The van der Waals surface area contributed by atoms with Crippen LogP contribution in [0.15, 0.2) is 34.9 Å². The minimum Gasteiger partial charge on any atom is -0.497 e. The fourth-order valence-corrected chi connectivity index (χ4v) is 2.98. The molecule has 0 spiro atoms. The molecule has 0 aliphatic rings. The van der Waals surface area contributed by atoms with Crippen LogP contribution in [0.25, 0.3) is 5.69 Å². The van der Waals surface area contributed by atoms with E-state index < -0.39 is 0 Å². The molecular formula is C19H21N3O3. The molecule has 6 nitrogen and oxygen atoms in total. The summed E-state index contributed by atoms with van der Waals surface area (Å²) >= 11 is 0. The van der Waals surface area contributed by atoms with Gasteiger partial charge in [-0.25, -0.2) is 0 Å². The number of anilines is 1. The standard InChI is InChI=1S/C19H21N3O3/c1-11-9-17(19(23)20-18-12(2)21-25-14(18)4)13(3)22(11)15-7-6-8-16(10-15)24-5/h6-10H,1-5H3,(H,20,23). The smallest absolute Gasteiger partial charge is 0.257 e. The van der Waals surface area contributed by atoms with Crippen molar-refractivity contribution in [3.63, 3.8) is 0 Å². The Morgan fingerprint density at radius 2 is 1.96 bits per heavy atom. The predicted octanol–water partition coefficient (Wildman–Crippen LogP) is 3.96. The normalized spacial score (nSPS) is 10.8. The molecule has 0 radical (unpaired) electrons. The maximum Gasteiger partial charge on any atom is 0.257 e. The topological polar surface area (TPSA) is 69.3 Å². The Morgan fingerprint density at radius 3 is 2.60 bits per heavy atom. The number of carbonyl (C=O) groups excluding carboxylic acids is 1. The lowest BCUT2D eigenvalue weighted by Crippen LogP contribution is -2.14. The lowest BCUT2D eigenvalue weighted by atomic mass is 10.2. The van der Waals surface area contributed by atoms with Crippen molar-refractivity contribution in [2.45, 2.75) is 27.7 Å². The first-order valence-corrected chi connectivity index (χ1v) is 8.00. The van der Waals surface area contributed by atoms with E-state index in [0.717, 1.165) is 22.8 Å². The van der Waals surface area contributed by atoms with Crippen LogP contribution >= 0.6 is 0 Å². The van der Waals surface area contributed by atoms with E-state index in [-0.39, 0.29) is 5.91 Å². The van der Waals surface area contributed by atoms with Crippen LogP contribution in [0.1, 0.15) is 33.2 Å². The minimum atomic E-state index is -0.184. The fraction of sp³-hybridized carbons (Fsp3) is 0.263. The van der Waals surface area contributed by atoms with Gasteiger partial charge in [0.05, 0.1) is 12.7 Å². The van der Waals surface area contributed by atoms with Gasteiger partial charge < -0.3 is 19.1 Å². The Labute approximate surface area is 146 Å². The highest BCUT2D eigenvalue weighted by Gasteiger charge is 2.19. The second-order valence-corrected chi connectivity index (χ2v) is 5.97. The molecule has 6 heteroatoms. The zero-order valence-corrected chi connectivity index (χ0v) is 15.0. The van der Waals surface area contributed by atoms with Gasteiger partial charge in [0.15, 0.2) is 5.76 Å². The molecule has 0 aliphatic heterocycles. The Bertz CT molecular complexity index is 918. The summed E-state index contributed by atoms with van der Waals surface area (Å²) in [7, 11) is 1.64. The summed E-state index contributed by atoms with van der Waals surface area (Å²) in [6.07, 6.45) is 0. The van der Waals surface area contributed by atoms with Gasteiger partial charge in [0, 0.05) is 23.1 Å². The first kappa shape index (κ1) is 16.8. The van der Waals surface area contributed by atoms with Crippen LogP contribution < -0.4 is 10.1 Å². The molecule has 0 bridgehead atoms. The summed E-state index contributed by atoms with van der Waals surface area (Å²) < 4.78 is 12.4. The van der Waals surface area contributed by atoms with E-state index in [9.17, 15) is 4.79 Å². The Morgan fingerprint density at radius 1 is 1.20 bits per heavy atom. The molecule has 25 heavy (non-hydrogen) atoms. The van der Waals surface area contributed by atoms with Gasteiger partial charge in [0.2, 0.25) is 0 Å². The van der Waals surface area contributed by atoms with Crippen LogP contribution in [-0.4, -0.2) is 22.7 Å². The number of methoxy groups -OCH3 is 1. The number of carbonyl (C=O) groups is 1. The van der Waals surface area contributed by atoms with Crippen molar-refractivity contribution in [2.75, 3.05) is 12.4 Å². The third kappa shape index (κ3) is 3.03. The number of aromatic nitrogens is 2. The van der Waals surface area contributed by atoms with Crippen molar-refractivity contribution in [3.05, 3.63) is 58.7 Å². The summed E-state index contributed by atoms with van der Waals surface area (Å²) in [5.74, 6) is 1.18. The van der Waals surface area contributed by atoms with Crippen LogP contribution in [0.2, 0.25) is 0 Å². The Kier molecular flexibility index (Phi) is 4.35. The number of nitrogens with zero attached hydrogens (tertiary/aromatic N) is 2. The maximum absolute atomic E-state index is 12.7. The van der Waals surface area contributed by atoms with Gasteiger partial charge in [-0.15, -0.1) is 0 Å². The molecule has 1 amide bonds. The number of ether oxygens (including phenoxy) is 1. The average Bonchev–Trinajstić information content (AvgIpc) is 3.07. The van der Waals surface area contributed by atoms with Crippen LogP contribution in [0.3, 0.4) is 0 Å². The second-order valence-electron chi connectivity index (χ2n) is 5.97. The molecule has 0 unspecified atom stereocenters. The number of rotatable bonds is 4. The predicted molar refractivity (Wildman–Crippen MR) is 95.7 cm³/mol. The molecule has 2 aromatic heterocycles. The molecular weight excluding hydrogens is 318 g/mol. The lowest BCUT2D eigenvalue weighted by Gasteiger charge is -2.11. The van der Waals surface area contributed by atoms with Crippen LogP contribution in [0, 0.1) is 27.7 Å². The van der Waals surface area contributed by atoms with Gasteiger partial charge >= 0.3 is 0 Å². The van der Waals surface area contributed by atoms with Gasteiger partial charge in [-0.05, 0) is 45.9 Å². The van der Waals surface area contributed by atoms with Crippen LogP contribution in [-0.2, 0) is 0 Å². The number of nitrogens with one attached hydrogen (secondary N) is 1. The molecule has 1 N–H and O–H groups in total. The molecule has 3 aromatic rings. The second kappa shape index (κ2) is 6.47. The van der Waals surface area contributed by atoms with Gasteiger partial charge in [-0.2, -0.15) is 0 Å². The fourth-order valence-electron chi connectivity index (χ4n) is 2.98. The van der Waals surface area contributed by atoms with Crippen LogP contribution in [0.5, 0.6) is 5.75 Å². The molecule has 3 rings (SSSR count). The first-order valence-electron chi connectivity index (χ1n) is 8.00. The summed E-state index contributed by atoms with van der Waals surface area (Å²) in [4.78, 5) is 12.7. The molecule has 2 heterocycles. The zero-order valence-electron chi connectivity index (χ0n) is 15.0. The van der Waals surface area contributed by atoms with Crippen molar-refractivity contribution in [1.29, 1.82) is 0 Å². The minimum absolute atomic E-state index is 0.184. The van der Waals surface area contributed by atoms with Gasteiger partial charge in [-0.3, -0.25) is 4.79 Å². The lowest BCUT2D eigenvalue weighted by molar-refractivity contribution is 0.102. The quantitative estimate of drug-likeness (QED) is 0.781. The average molecular weight is 339 g/mol. The number of hydrogen-bond donors (Lipinski definition) is 1. The molecule has 0 saturated heterocycles.